The van der Waals surface area contributed by atoms with Crippen LogP contribution in [0.25, 0.3) is 0 Å². The monoisotopic (exact) mass is 431 g/mol. The number of methoxy groups -OCH3 is 3. The van der Waals surface area contributed by atoms with Gasteiger partial charge >= 0.3 is 5.97 Å². The molecule has 1 aliphatic carbocycles. The third-order valence-corrected chi connectivity index (χ3v) is 6.93. The summed E-state index contributed by atoms with van der Waals surface area (Å²) in [6, 6.07) is 5.16. The minimum absolute atomic E-state index is 0.182. The lowest BCUT2D eigenvalue weighted by atomic mass is 9.72. The fourth-order valence-corrected chi connectivity index (χ4v) is 5.28. The first-order valence-corrected chi connectivity index (χ1v) is 10.8. The number of rotatable bonds is 5. The van der Waals surface area contributed by atoms with Gasteiger partial charge in [-0.3, -0.25) is 4.79 Å². The second kappa shape index (κ2) is 8.68. The lowest BCUT2D eigenvalue weighted by Gasteiger charge is -2.33. The van der Waals surface area contributed by atoms with E-state index in [-0.39, 0.29) is 16.9 Å². The van der Waals surface area contributed by atoms with Crippen LogP contribution in [-0.4, -0.2) is 33.2 Å². The number of anilines is 1. The van der Waals surface area contributed by atoms with Crippen molar-refractivity contribution in [2.75, 3.05) is 26.6 Å². The van der Waals surface area contributed by atoms with Gasteiger partial charge in [0.2, 0.25) is 0 Å². The summed E-state index contributed by atoms with van der Waals surface area (Å²) in [7, 11) is 4.37. The minimum atomic E-state index is -0.427. The first kappa shape index (κ1) is 22.2. The summed E-state index contributed by atoms with van der Waals surface area (Å²) in [5.74, 6) is 0.512. The number of esters is 1. The van der Waals surface area contributed by atoms with Crippen molar-refractivity contribution >= 4 is 28.2 Å². The highest BCUT2D eigenvalue weighted by Gasteiger charge is 2.34. The zero-order valence-electron chi connectivity index (χ0n) is 18.4. The summed E-state index contributed by atoms with van der Waals surface area (Å²) in [6.45, 7) is 6.73. The molecule has 1 atom stereocenters. The molecule has 0 fully saturated rings. The van der Waals surface area contributed by atoms with Crippen LogP contribution in [0.3, 0.4) is 0 Å². The van der Waals surface area contributed by atoms with Crippen LogP contribution in [0.15, 0.2) is 18.2 Å². The van der Waals surface area contributed by atoms with E-state index in [2.05, 4.69) is 26.1 Å². The number of hydrogen-bond donors (Lipinski definition) is 1. The van der Waals surface area contributed by atoms with E-state index in [0.29, 0.717) is 28.0 Å². The van der Waals surface area contributed by atoms with Crippen LogP contribution in [0.5, 0.6) is 11.5 Å². The summed E-state index contributed by atoms with van der Waals surface area (Å²) in [5.41, 5.74) is 1.93. The Balaban J connectivity index is 2.00. The van der Waals surface area contributed by atoms with Crippen LogP contribution >= 0.6 is 11.3 Å². The van der Waals surface area contributed by atoms with Crippen LogP contribution in [-0.2, 0) is 17.6 Å². The van der Waals surface area contributed by atoms with Crippen molar-refractivity contribution in [3.05, 3.63) is 39.8 Å². The van der Waals surface area contributed by atoms with Gasteiger partial charge in [0.1, 0.15) is 22.1 Å². The molecular formula is C23H29NO5S. The number of carbonyl (C=O) groups is 2. The van der Waals surface area contributed by atoms with Gasteiger partial charge in [0, 0.05) is 4.88 Å². The number of fused-ring (bicyclic) bond motifs is 1. The summed E-state index contributed by atoms with van der Waals surface area (Å²) < 4.78 is 15.7. The number of carbonyl (C=O) groups excluding carboxylic acids is 2. The Morgan fingerprint density at radius 2 is 1.70 bits per heavy atom. The first-order valence-electron chi connectivity index (χ1n) is 9.96. The largest absolute Gasteiger partial charge is 0.496 e. The molecule has 30 heavy (non-hydrogen) atoms. The Hall–Kier alpha value is -2.54. The topological polar surface area (TPSA) is 73.9 Å². The maximum Gasteiger partial charge on any atom is 0.341 e. The molecule has 0 bridgehead atoms. The van der Waals surface area contributed by atoms with Crippen molar-refractivity contribution in [2.45, 2.75) is 40.0 Å². The van der Waals surface area contributed by atoms with Crippen LogP contribution in [0.2, 0.25) is 0 Å². The molecular weight excluding hydrogens is 402 g/mol. The summed E-state index contributed by atoms with van der Waals surface area (Å²) in [4.78, 5) is 26.9. The van der Waals surface area contributed by atoms with Crippen molar-refractivity contribution in [3.8, 4) is 11.5 Å². The third-order valence-electron chi connectivity index (χ3n) is 5.76. The fourth-order valence-electron chi connectivity index (χ4n) is 3.97. The number of benzene rings is 1. The molecule has 1 N–H and O–H groups in total. The van der Waals surface area contributed by atoms with Crippen molar-refractivity contribution in [1.82, 2.24) is 0 Å². The Labute approximate surface area is 181 Å². The van der Waals surface area contributed by atoms with E-state index in [0.717, 1.165) is 29.7 Å². The summed E-state index contributed by atoms with van der Waals surface area (Å²) in [6.07, 6.45) is 2.69. The van der Waals surface area contributed by atoms with Crippen LogP contribution in [0.1, 0.15) is 58.3 Å². The van der Waals surface area contributed by atoms with Gasteiger partial charge in [-0.2, -0.15) is 0 Å². The van der Waals surface area contributed by atoms with Crippen LogP contribution in [0.4, 0.5) is 5.00 Å². The lowest BCUT2D eigenvalue weighted by molar-refractivity contribution is 0.0600. The Morgan fingerprint density at radius 3 is 2.23 bits per heavy atom. The molecule has 0 radical (unpaired) electrons. The van der Waals surface area contributed by atoms with E-state index >= 15 is 0 Å². The van der Waals surface area contributed by atoms with Gasteiger partial charge in [0.05, 0.1) is 26.9 Å². The maximum absolute atomic E-state index is 13.2. The normalized spacial score (nSPS) is 15.9. The lowest BCUT2D eigenvalue weighted by Crippen LogP contribution is -2.26. The van der Waals surface area contributed by atoms with Crippen molar-refractivity contribution in [1.29, 1.82) is 0 Å². The zero-order chi connectivity index (χ0) is 22.1. The SMILES string of the molecule is COC(=O)c1c(NC(=O)c2c(OC)cccc2OC)sc2c1CC[C@H](C(C)(C)C)C2. The second-order valence-electron chi connectivity index (χ2n) is 8.50. The quantitative estimate of drug-likeness (QED) is 0.678. The number of nitrogens with one attached hydrogen (secondary N) is 1. The highest BCUT2D eigenvalue weighted by atomic mass is 32.1. The molecule has 7 heteroatoms. The molecule has 3 rings (SSSR count). The second-order valence-corrected chi connectivity index (χ2v) is 9.60. The average molecular weight is 432 g/mol. The number of ether oxygens (including phenoxy) is 3. The van der Waals surface area contributed by atoms with Crippen LogP contribution < -0.4 is 14.8 Å². The minimum Gasteiger partial charge on any atom is -0.496 e. The predicted octanol–water partition coefficient (Wildman–Crippen LogP) is 4.96. The molecule has 1 amide bonds. The van der Waals surface area contributed by atoms with Gasteiger partial charge in [-0.1, -0.05) is 26.8 Å². The number of amides is 1. The van der Waals surface area contributed by atoms with E-state index in [1.165, 1.54) is 32.7 Å². The molecule has 0 spiro atoms. The Morgan fingerprint density at radius 1 is 1.07 bits per heavy atom. The summed E-state index contributed by atoms with van der Waals surface area (Å²) >= 11 is 1.46. The fraction of sp³-hybridized carbons (Fsp3) is 0.478. The predicted molar refractivity (Wildman–Crippen MR) is 118 cm³/mol. The van der Waals surface area contributed by atoms with Crippen LogP contribution in [0, 0.1) is 11.3 Å². The highest BCUT2D eigenvalue weighted by molar-refractivity contribution is 7.17. The van der Waals surface area contributed by atoms with Crippen molar-refractivity contribution in [3.63, 3.8) is 0 Å². The zero-order valence-corrected chi connectivity index (χ0v) is 19.2. The molecule has 162 valence electrons. The molecule has 0 aliphatic heterocycles. The van der Waals surface area contributed by atoms with Crippen molar-refractivity contribution < 1.29 is 23.8 Å². The molecule has 0 saturated heterocycles. The molecule has 2 aromatic rings. The molecule has 1 heterocycles. The molecule has 1 aromatic carbocycles. The molecule has 0 saturated carbocycles. The van der Waals surface area contributed by atoms with Gasteiger partial charge in [0.15, 0.2) is 0 Å². The van der Waals surface area contributed by atoms with Gasteiger partial charge < -0.3 is 19.5 Å². The van der Waals surface area contributed by atoms with Gasteiger partial charge in [-0.25, -0.2) is 4.79 Å². The molecule has 1 aromatic heterocycles. The molecule has 1 aliphatic rings. The van der Waals surface area contributed by atoms with Crippen molar-refractivity contribution in [2.24, 2.45) is 11.3 Å². The Bertz CT molecular complexity index is 935. The Kier molecular flexibility index (Phi) is 6.41. The first-order chi connectivity index (χ1) is 14.2. The van der Waals surface area contributed by atoms with E-state index < -0.39 is 5.97 Å². The van der Waals surface area contributed by atoms with Gasteiger partial charge in [-0.05, 0) is 48.3 Å². The third kappa shape index (κ3) is 4.17. The van der Waals surface area contributed by atoms with E-state index in [4.69, 9.17) is 14.2 Å². The summed E-state index contributed by atoms with van der Waals surface area (Å²) in [5, 5.41) is 3.43. The average Bonchev–Trinajstić information content (AvgIpc) is 3.08. The van der Waals surface area contributed by atoms with Gasteiger partial charge in [-0.15, -0.1) is 11.3 Å². The maximum atomic E-state index is 13.2. The highest BCUT2D eigenvalue weighted by Crippen LogP contribution is 2.45. The van der Waals surface area contributed by atoms with Gasteiger partial charge in [0.25, 0.3) is 5.91 Å². The molecule has 0 unspecified atom stereocenters. The smallest absolute Gasteiger partial charge is 0.341 e. The van der Waals surface area contributed by atoms with E-state index in [9.17, 15) is 9.59 Å². The van der Waals surface area contributed by atoms with E-state index in [1.807, 2.05) is 0 Å². The number of thiophene rings is 1. The standard InChI is InChI=1S/C23H29NO5S/c1-23(2,3)13-10-11-14-17(12-13)30-21(18(14)22(26)29-6)24-20(25)19-15(27-4)8-7-9-16(19)28-5/h7-9,13H,10-12H2,1-6H3,(H,24,25)/t13-/m0/s1. The number of hydrogen-bond acceptors (Lipinski definition) is 6. The molecule has 6 nitrogen and oxygen atoms in total. The van der Waals surface area contributed by atoms with E-state index in [1.54, 1.807) is 18.2 Å².